The summed E-state index contributed by atoms with van der Waals surface area (Å²) in [6.45, 7) is 1.27. The van der Waals surface area contributed by atoms with Gasteiger partial charge < -0.3 is 25.7 Å². The van der Waals surface area contributed by atoms with Crippen LogP contribution >= 0.6 is 11.6 Å². The van der Waals surface area contributed by atoms with Gasteiger partial charge in [0.2, 0.25) is 0 Å². The molecule has 3 aromatic carbocycles. The van der Waals surface area contributed by atoms with Gasteiger partial charge in [0.05, 0.1) is 22.6 Å². The molecule has 0 saturated heterocycles. The summed E-state index contributed by atoms with van der Waals surface area (Å²) in [5, 5.41) is 8.12. The third kappa shape index (κ3) is 6.45. The molecule has 5 rings (SSSR count). The Morgan fingerprint density at radius 1 is 0.923 bits per heavy atom. The molecule has 0 unspecified atom stereocenters. The molecule has 0 saturated carbocycles. The first kappa shape index (κ1) is 26.4. The largest absolute Gasteiger partial charge is 0.573 e. The molecule has 0 amide bonds. The van der Waals surface area contributed by atoms with Crippen LogP contribution in [0.4, 0.5) is 36.1 Å². The fraction of sp³-hybridized carbons (Fsp3) is 0.138. The van der Waals surface area contributed by atoms with Gasteiger partial charge in [-0.25, -0.2) is 4.98 Å². The predicted molar refractivity (Wildman–Crippen MR) is 150 cm³/mol. The maximum absolute atomic E-state index is 12.6. The molecule has 2 aromatic heterocycles. The Morgan fingerprint density at radius 3 is 2.38 bits per heavy atom. The van der Waals surface area contributed by atoms with Crippen LogP contribution in [0.15, 0.2) is 91.3 Å². The lowest BCUT2D eigenvalue weighted by molar-refractivity contribution is -0.274. The smallest absolute Gasteiger partial charge is 0.406 e. The van der Waals surface area contributed by atoms with Crippen molar-refractivity contribution in [2.75, 3.05) is 17.2 Å². The number of benzene rings is 3. The maximum Gasteiger partial charge on any atom is 0.573 e. The first-order chi connectivity index (χ1) is 18.8. The number of pyridine rings is 1. The van der Waals surface area contributed by atoms with Crippen molar-refractivity contribution in [2.45, 2.75) is 19.3 Å². The van der Waals surface area contributed by atoms with E-state index < -0.39 is 6.36 Å². The van der Waals surface area contributed by atoms with Gasteiger partial charge in [0.25, 0.3) is 0 Å². The summed E-state index contributed by atoms with van der Waals surface area (Å²) in [7, 11) is 0. The van der Waals surface area contributed by atoms with Crippen LogP contribution in [0.5, 0.6) is 5.75 Å². The minimum absolute atomic E-state index is 0.263. The molecule has 0 aliphatic rings. The van der Waals surface area contributed by atoms with E-state index in [4.69, 9.17) is 17.3 Å². The van der Waals surface area contributed by atoms with E-state index in [1.54, 1.807) is 24.4 Å². The summed E-state index contributed by atoms with van der Waals surface area (Å²) >= 11 is 6.22. The Bertz CT molecular complexity index is 1570. The average molecular weight is 552 g/mol. The first-order valence-electron chi connectivity index (χ1n) is 12.2. The highest BCUT2D eigenvalue weighted by atomic mass is 35.5. The third-order valence-corrected chi connectivity index (χ3v) is 6.40. The van der Waals surface area contributed by atoms with E-state index in [-0.39, 0.29) is 5.75 Å². The number of anilines is 4. The third-order valence-electron chi connectivity index (χ3n) is 6.07. The number of aromatic nitrogens is 2. The Balaban J connectivity index is 1.41. The van der Waals surface area contributed by atoms with Crippen molar-refractivity contribution in [1.29, 1.82) is 0 Å². The van der Waals surface area contributed by atoms with Gasteiger partial charge in [0, 0.05) is 34.9 Å². The zero-order valence-electron chi connectivity index (χ0n) is 20.7. The molecule has 4 N–H and O–H groups in total. The van der Waals surface area contributed by atoms with Crippen LogP contribution in [0.25, 0.3) is 22.0 Å². The van der Waals surface area contributed by atoms with Gasteiger partial charge in [0.15, 0.2) is 0 Å². The molecule has 0 bridgehead atoms. The number of rotatable bonds is 9. The summed E-state index contributed by atoms with van der Waals surface area (Å²) in [5.74, 6) is 0.391. The molecule has 2 heterocycles. The summed E-state index contributed by atoms with van der Waals surface area (Å²) in [4.78, 5) is 4.47. The number of aryl methyl sites for hydroxylation is 1. The normalized spacial score (nSPS) is 11.5. The van der Waals surface area contributed by atoms with Gasteiger partial charge in [0.1, 0.15) is 11.6 Å². The van der Waals surface area contributed by atoms with Gasteiger partial charge in [-0.3, -0.25) is 0 Å². The summed E-state index contributed by atoms with van der Waals surface area (Å²) in [5.41, 5.74) is 10.8. The molecular formula is C29H25ClF3N5O. The van der Waals surface area contributed by atoms with E-state index in [1.807, 2.05) is 54.7 Å². The molecule has 200 valence electrons. The lowest BCUT2D eigenvalue weighted by atomic mass is 10.0. The number of hydrogen-bond acceptors (Lipinski definition) is 5. The molecule has 0 fully saturated rings. The van der Waals surface area contributed by atoms with Crippen LogP contribution in [0.1, 0.15) is 6.42 Å². The molecule has 5 aromatic rings. The van der Waals surface area contributed by atoms with Crippen LogP contribution in [-0.2, 0) is 6.54 Å². The van der Waals surface area contributed by atoms with Crippen LogP contribution < -0.4 is 21.1 Å². The van der Waals surface area contributed by atoms with E-state index in [2.05, 4.69) is 24.9 Å². The van der Waals surface area contributed by atoms with Crippen LogP contribution in [0, 0.1) is 0 Å². The Morgan fingerprint density at radius 2 is 1.69 bits per heavy atom. The second-order valence-electron chi connectivity index (χ2n) is 8.84. The Kier molecular flexibility index (Phi) is 7.63. The highest BCUT2D eigenvalue weighted by molar-refractivity contribution is 6.33. The second kappa shape index (κ2) is 11.3. The second-order valence-corrected chi connectivity index (χ2v) is 9.25. The van der Waals surface area contributed by atoms with E-state index in [1.165, 1.54) is 12.1 Å². The number of para-hydroxylation sites is 1. The molecule has 0 atom stereocenters. The van der Waals surface area contributed by atoms with Crippen molar-refractivity contribution in [3.63, 3.8) is 0 Å². The molecule has 0 aliphatic carbocycles. The van der Waals surface area contributed by atoms with E-state index in [9.17, 15) is 13.2 Å². The van der Waals surface area contributed by atoms with Gasteiger partial charge in [-0.05, 0) is 73.1 Å². The molecule has 0 aliphatic heterocycles. The van der Waals surface area contributed by atoms with Crippen molar-refractivity contribution < 1.29 is 17.9 Å². The van der Waals surface area contributed by atoms with Crippen LogP contribution in [0.2, 0.25) is 5.02 Å². The Hall–Kier alpha value is -4.21. The predicted octanol–water partition coefficient (Wildman–Crippen LogP) is 8.09. The van der Waals surface area contributed by atoms with Crippen molar-refractivity contribution in [3.8, 4) is 16.9 Å². The number of halogens is 4. The zero-order chi connectivity index (χ0) is 27.4. The number of fused-ring (bicyclic) bond motifs is 1. The minimum atomic E-state index is -4.74. The highest BCUT2D eigenvalue weighted by Crippen LogP contribution is 2.35. The molecule has 39 heavy (non-hydrogen) atoms. The van der Waals surface area contributed by atoms with Crippen molar-refractivity contribution in [2.24, 2.45) is 5.73 Å². The van der Waals surface area contributed by atoms with Crippen molar-refractivity contribution in [3.05, 3.63) is 96.3 Å². The lowest BCUT2D eigenvalue weighted by Crippen LogP contribution is -2.16. The van der Waals surface area contributed by atoms with Gasteiger partial charge in [-0.2, -0.15) is 0 Å². The van der Waals surface area contributed by atoms with E-state index >= 15 is 0 Å². The SMILES string of the molecule is NCCCn1cc(-c2ccc(OC(F)(F)F)cc2)c2cc(Nc3ccc(Nc4ccccc4Cl)nc3)ccc21. The summed E-state index contributed by atoms with van der Waals surface area (Å²) in [6.07, 6.45) is -0.226. The van der Waals surface area contributed by atoms with E-state index in [0.717, 1.165) is 52.1 Å². The molecule has 0 spiro atoms. The minimum Gasteiger partial charge on any atom is -0.406 e. The Labute approximate surface area is 228 Å². The monoisotopic (exact) mass is 551 g/mol. The van der Waals surface area contributed by atoms with Gasteiger partial charge in [-0.1, -0.05) is 35.9 Å². The molecule has 6 nitrogen and oxygen atoms in total. The molecular weight excluding hydrogens is 527 g/mol. The quantitative estimate of drug-likeness (QED) is 0.172. The van der Waals surface area contributed by atoms with Crippen molar-refractivity contribution in [1.82, 2.24) is 9.55 Å². The van der Waals surface area contributed by atoms with Crippen LogP contribution in [-0.4, -0.2) is 22.5 Å². The lowest BCUT2D eigenvalue weighted by Gasteiger charge is -2.11. The topological polar surface area (TPSA) is 77.1 Å². The number of alkyl halides is 3. The number of nitrogens with two attached hydrogens (primary N) is 1. The number of nitrogens with zero attached hydrogens (tertiary/aromatic N) is 2. The fourth-order valence-electron chi connectivity index (χ4n) is 4.30. The van der Waals surface area contributed by atoms with Gasteiger partial charge >= 0.3 is 6.36 Å². The average Bonchev–Trinajstić information content (AvgIpc) is 3.27. The summed E-state index contributed by atoms with van der Waals surface area (Å²) in [6, 6.07) is 23.1. The number of nitrogens with one attached hydrogen (secondary N) is 2. The number of hydrogen-bond donors (Lipinski definition) is 3. The zero-order valence-corrected chi connectivity index (χ0v) is 21.4. The first-order valence-corrected chi connectivity index (χ1v) is 12.6. The van der Waals surface area contributed by atoms with Crippen LogP contribution in [0.3, 0.4) is 0 Å². The summed E-state index contributed by atoms with van der Waals surface area (Å²) < 4.78 is 43.9. The molecule has 10 heteroatoms. The highest BCUT2D eigenvalue weighted by Gasteiger charge is 2.31. The number of ether oxygens (including phenoxy) is 1. The molecule has 0 radical (unpaired) electrons. The maximum atomic E-state index is 12.6. The van der Waals surface area contributed by atoms with Gasteiger partial charge in [-0.15, -0.1) is 13.2 Å². The van der Waals surface area contributed by atoms with E-state index in [0.29, 0.717) is 17.4 Å². The fourth-order valence-corrected chi connectivity index (χ4v) is 4.48. The van der Waals surface area contributed by atoms with Crippen molar-refractivity contribution >= 4 is 45.4 Å². The standard InChI is InChI=1S/C29H25ClF3N5O/c30-25-4-1-2-5-26(25)37-28-13-9-21(17-35-28)36-20-8-12-27-23(16-20)24(18-38(27)15-3-14-34)19-6-10-22(11-7-19)39-29(31,32)33/h1-2,4-13,16-18,36H,3,14-15,34H2,(H,35,37).